The second kappa shape index (κ2) is 14.6. The average Bonchev–Trinajstić information content (AvgIpc) is 3.75. The number of alkyl halides is 1. The smallest absolute Gasteiger partial charge is 0.362 e. The molecule has 0 spiro atoms. The highest BCUT2D eigenvalue weighted by Crippen LogP contribution is 2.44. The quantitative estimate of drug-likeness (QED) is 0.151. The van der Waals surface area contributed by atoms with Crippen LogP contribution >= 0.6 is 22.6 Å². The van der Waals surface area contributed by atoms with Crippen LogP contribution in [-0.2, 0) is 52.2 Å². The summed E-state index contributed by atoms with van der Waals surface area (Å²) in [6, 6.07) is 0. The predicted molar refractivity (Wildman–Crippen MR) is 175 cm³/mol. The molecule has 0 radical (unpaired) electrons. The van der Waals surface area contributed by atoms with Gasteiger partial charge in [0.25, 0.3) is 21.2 Å². The summed E-state index contributed by atoms with van der Waals surface area (Å²) in [5, 5.41) is 0. The topological polar surface area (TPSA) is 221 Å². The molecule has 4 aliphatic heterocycles. The van der Waals surface area contributed by atoms with Gasteiger partial charge in [0.2, 0.25) is 11.4 Å². The lowest BCUT2D eigenvalue weighted by Gasteiger charge is -2.24. The zero-order valence-corrected chi connectivity index (χ0v) is 31.0. The summed E-state index contributed by atoms with van der Waals surface area (Å²) in [5.74, 6) is -3.38. The number of carbonyl (C=O) groups excluding carboxylic acids is 2. The number of hydrogen-bond donors (Lipinski definition) is 0. The van der Waals surface area contributed by atoms with E-state index < -0.39 is 87.3 Å². The van der Waals surface area contributed by atoms with Gasteiger partial charge in [-0.15, -0.1) is 0 Å². The van der Waals surface area contributed by atoms with Crippen LogP contribution in [-0.4, -0.2) is 119 Å². The van der Waals surface area contributed by atoms with E-state index in [0.717, 1.165) is 17.9 Å². The predicted octanol–water partition coefficient (Wildman–Crippen LogP) is 0.306. The number of halogens is 1. The average molecular weight is 841 g/mol. The molecule has 4 saturated heterocycles. The third-order valence-corrected chi connectivity index (χ3v) is 9.32. The van der Waals surface area contributed by atoms with Crippen molar-refractivity contribution in [3.8, 4) is 0 Å². The zero-order valence-electron chi connectivity index (χ0n) is 28.0. The summed E-state index contributed by atoms with van der Waals surface area (Å²) in [7, 11) is -1.36. The summed E-state index contributed by atoms with van der Waals surface area (Å²) in [4.78, 5) is 56.1. The van der Waals surface area contributed by atoms with Crippen molar-refractivity contribution in [2.45, 2.75) is 88.3 Å². The molecule has 8 atom stereocenters. The number of fused-ring (bicyclic) bond motifs is 2. The summed E-state index contributed by atoms with van der Waals surface area (Å²) < 4.78 is 74.9. The van der Waals surface area contributed by atoms with E-state index in [1.54, 1.807) is 13.8 Å². The van der Waals surface area contributed by atoms with Crippen LogP contribution in [0.5, 0.6) is 0 Å². The monoisotopic (exact) mass is 840 g/mol. The molecule has 0 amide bonds. The van der Waals surface area contributed by atoms with E-state index in [2.05, 4.69) is 42.0 Å². The number of methoxy groups -OCH3 is 2. The molecule has 0 aliphatic carbocycles. The van der Waals surface area contributed by atoms with Crippen LogP contribution in [0.25, 0.3) is 0 Å². The van der Waals surface area contributed by atoms with Gasteiger partial charge in [-0.25, -0.2) is 19.6 Å². The van der Waals surface area contributed by atoms with Crippen molar-refractivity contribution >= 4 is 44.6 Å². The highest BCUT2D eigenvalue weighted by molar-refractivity contribution is 14.1. The highest BCUT2D eigenvalue weighted by Gasteiger charge is 2.57. The van der Waals surface area contributed by atoms with E-state index in [0.29, 0.717) is 4.43 Å². The number of esters is 2. The first-order chi connectivity index (χ1) is 23.4. The lowest BCUT2D eigenvalue weighted by Crippen LogP contribution is -2.36. The molecule has 6 rings (SSSR count). The number of hydrogen-bond acceptors (Lipinski definition) is 17. The standard InChI is InChI=1S/C15H20N2O9S.C14H17IN2O6/c1-15(2)25-10-8(7-23-27(4,20)21)24-13(11(10)26-15)17-6-5-16-9(12(17)18)14(19)22-3;1-14(2)22-9-7(6-15)21-12(10(9)23-14)17-5-4-16-8(11(17)18)13(19)20-3/h5-6,8,10-11,13H,7H2,1-4H3;4-5,7,9-10,12H,6H2,1-3H3/t8-,10-,11-,13-;7-,9-,10-,12-/m11/s1. The Morgan fingerprint density at radius 3 is 1.58 bits per heavy atom. The molecular weight excluding hydrogens is 803 g/mol. The van der Waals surface area contributed by atoms with Crippen molar-refractivity contribution < 1.29 is 60.1 Å². The minimum atomic E-state index is -3.70. The van der Waals surface area contributed by atoms with Gasteiger partial charge in [-0.05, 0) is 27.7 Å². The Hall–Kier alpha value is -2.90. The maximum absolute atomic E-state index is 12.6. The third-order valence-electron chi connectivity index (χ3n) is 7.89. The Balaban J connectivity index is 0.000000197. The first kappa shape index (κ1) is 38.3. The van der Waals surface area contributed by atoms with E-state index in [4.69, 9.17) is 32.6 Å². The molecule has 0 unspecified atom stereocenters. The van der Waals surface area contributed by atoms with E-state index in [1.165, 1.54) is 36.5 Å². The van der Waals surface area contributed by atoms with Crippen LogP contribution in [0, 0.1) is 0 Å². The number of ether oxygens (including phenoxy) is 8. The maximum atomic E-state index is 12.6. The molecule has 2 aromatic heterocycles. The van der Waals surface area contributed by atoms with Crippen molar-refractivity contribution in [2.75, 3.05) is 31.5 Å². The molecule has 19 nitrogen and oxygen atoms in total. The van der Waals surface area contributed by atoms with E-state index in [1.807, 2.05) is 13.8 Å². The van der Waals surface area contributed by atoms with Gasteiger partial charge in [0.15, 0.2) is 24.0 Å². The number of aromatic nitrogens is 4. The van der Waals surface area contributed by atoms with Gasteiger partial charge in [-0.2, -0.15) is 8.42 Å². The summed E-state index contributed by atoms with van der Waals surface area (Å²) >= 11 is 2.20. The molecule has 2 aromatic rings. The normalized spacial score (nSPS) is 30.6. The Bertz CT molecular complexity index is 1830. The third kappa shape index (κ3) is 7.94. The number of nitrogens with zero attached hydrogens (tertiary/aromatic N) is 4. The van der Waals surface area contributed by atoms with Crippen LogP contribution in [0.15, 0.2) is 34.4 Å². The molecular formula is C29H37IN4O15S. The van der Waals surface area contributed by atoms with Gasteiger partial charge in [-0.1, -0.05) is 22.6 Å². The second-order valence-corrected chi connectivity index (χ2v) is 14.9. The largest absolute Gasteiger partial charge is 0.464 e. The second-order valence-electron chi connectivity index (χ2n) is 12.4. The Morgan fingerprint density at radius 1 is 0.780 bits per heavy atom. The summed E-state index contributed by atoms with van der Waals surface area (Å²) in [5.41, 5.74) is -2.00. The molecule has 0 N–H and O–H groups in total. The van der Waals surface area contributed by atoms with Gasteiger partial charge in [0.1, 0.15) is 30.5 Å². The van der Waals surface area contributed by atoms with E-state index in [9.17, 15) is 27.6 Å². The number of carbonyl (C=O) groups is 2. The fourth-order valence-corrected chi connectivity index (χ4v) is 7.03. The molecule has 276 valence electrons. The van der Waals surface area contributed by atoms with Crippen LogP contribution in [0.2, 0.25) is 0 Å². The molecule has 50 heavy (non-hydrogen) atoms. The molecule has 4 aliphatic rings. The maximum Gasteiger partial charge on any atom is 0.362 e. The zero-order chi connectivity index (χ0) is 36.8. The molecule has 6 heterocycles. The van der Waals surface area contributed by atoms with Crippen LogP contribution in [0.4, 0.5) is 0 Å². The Morgan fingerprint density at radius 2 is 1.18 bits per heavy atom. The summed E-state index contributed by atoms with van der Waals surface area (Å²) in [6.07, 6.45) is 1.60. The van der Waals surface area contributed by atoms with Crippen molar-refractivity contribution in [1.29, 1.82) is 0 Å². The fourth-order valence-electron chi connectivity index (χ4n) is 5.94. The number of rotatable bonds is 8. The molecule has 4 fully saturated rings. The molecule has 0 aromatic carbocycles. The van der Waals surface area contributed by atoms with Crippen LogP contribution in [0.3, 0.4) is 0 Å². The lowest BCUT2D eigenvalue weighted by atomic mass is 10.1. The molecule has 0 saturated carbocycles. The van der Waals surface area contributed by atoms with Gasteiger partial charge in [-0.3, -0.25) is 22.9 Å². The van der Waals surface area contributed by atoms with E-state index >= 15 is 0 Å². The Kier molecular flexibility index (Phi) is 11.2. The van der Waals surface area contributed by atoms with Crippen molar-refractivity contribution in [2.24, 2.45) is 0 Å². The highest BCUT2D eigenvalue weighted by atomic mass is 127. The first-order valence-electron chi connectivity index (χ1n) is 15.1. The van der Waals surface area contributed by atoms with Gasteiger partial charge in [0, 0.05) is 29.2 Å². The van der Waals surface area contributed by atoms with Crippen molar-refractivity contribution in [1.82, 2.24) is 19.1 Å². The first-order valence-corrected chi connectivity index (χ1v) is 18.5. The van der Waals surface area contributed by atoms with Gasteiger partial charge < -0.3 is 37.9 Å². The molecule has 0 bridgehead atoms. The Labute approximate surface area is 299 Å². The van der Waals surface area contributed by atoms with Gasteiger partial charge in [0.05, 0.1) is 33.2 Å². The van der Waals surface area contributed by atoms with Crippen LogP contribution < -0.4 is 11.1 Å². The minimum Gasteiger partial charge on any atom is -0.464 e. The molecule has 21 heteroatoms. The van der Waals surface area contributed by atoms with E-state index in [-0.39, 0.29) is 24.5 Å². The lowest BCUT2D eigenvalue weighted by molar-refractivity contribution is -0.199. The summed E-state index contributed by atoms with van der Waals surface area (Å²) in [6.45, 7) is 6.71. The fraction of sp³-hybridized carbons (Fsp3) is 0.655. The SMILES string of the molecule is COC(=O)c1nccn([C@@H]2O[C@H](CI)[C@H]3OC(C)(C)O[C@H]32)c1=O.COC(=O)c1nccn([C@@H]2O[C@H](COS(C)(=O)=O)[C@H]3OC(C)(C)O[C@H]32)c1=O. The van der Waals surface area contributed by atoms with Crippen molar-refractivity contribution in [3.05, 3.63) is 56.9 Å². The van der Waals surface area contributed by atoms with Crippen LogP contribution in [0.1, 0.15) is 61.1 Å². The minimum absolute atomic E-state index is 0.200. The van der Waals surface area contributed by atoms with Gasteiger partial charge >= 0.3 is 11.9 Å². The van der Waals surface area contributed by atoms with Crippen molar-refractivity contribution in [3.63, 3.8) is 0 Å².